The van der Waals surface area contributed by atoms with Crippen LogP contribution in [-0.2, 0) is 0 Å². The molecule has 1 N–H and O–H groups in total. The Morgan fingerprint density at radius 1 is 1.35 bits per heavy atom. The van der Waals surface area contributed by atoms with Crippen molar-refractivity contribution in [2.24, 2.45) is 0 Å². The number of rotatable bonds is 2. The number of hydrogen-bond donors (Lipinski definition) is 1. The van der Waals surface area contributed by atoms with Gasteiger partial charge in [0, 0.05) is 42.9 Å². The quantitative estimate of drug-likeness (QED) is 0.918. The average molecular weight is 312 g/mol. The van der Waals surface area contributed by atoms with E-state index in [1.54, 1.807) is 7.11 Å². The molecule has 2 saturated heterocycles. The molecule has 2 aliphatic rings. The van der Waals surface area contributed by atoms with Crippen LogP contribution in [0.2, 0.25) is 0 Å². The summed E-state index contributed by atoms with van der Waals surface area (Å²) in [5.41, 5.74) is 3.04. The van der Waals surface area contributed by atoms with Crippen LogP contribution in [0.5, 0.6) is 5.75 Å². The average Bonchev–Trinajstić information content (AvgIpc) is 2.94. The summed E-state index contributed by atoms with van der Waals surface area (Å²) >= 11 is 0. The summed E-state index contributed by atoms with van der Waals surface area (Å²) in [6, 6.07) is 8.46. The van der Waals surface area contributed by atoms with E-state index in [1.807, 2.05) is 24.0 Å². The van der Waals surface area contributed by atoms with Crippen LogP contribution >= 0.6 is 0 Å². The fourth-order valence-corrected chi connectivity index (χ4v) is 3.58. The van der Waals surface area contributed by atoms with E-state index < -0.39 is 0 Å². The summed E-state index contributed by atoms with van der Waals surface area (Å²) in [7, 11) is 1.67. The number of aryl methyl sites for hydroxylation is 1. The Kier molecular flexibility index (Phi) is 3.25. The van der Waals surface area contributed by atoms with Crippen LogP contribution in [0, 0.1) is 6.92 Å². The van der Waals surface area contributed by atoms with Crippen LogP contribution in [0.25, 0.3) is 10.9 Å². The molecule has 1 unspecified atom stereocenters. The van der Waals surface area contributed by atoms with Crippen LogP contribution < -0.4 is 15.0 Å². The zero-order valence-electron chi connectivity index (χ0n) is 13.4. The number of piperazine rings is 1. The molecule has 3 heterocycles. The van der Waals surface area contributed by atoms with Gasteiger partial charge in [0.25, 0.3) is 0 Å². The van der Waals surface area contributed by atoms with Crippen LogP contribution in [-0.4, -0.2) is 55.2 Å². The van der Waals surface area contributed by atoms with Gasteiger partial charge < -0.3 is 19.9 Å². The largest absolute Gasteiger partial charge is 0.494 e. The number of ether oxygens (including phenoxy) is 1. The highest BCUT2D eigenvalue weighted by molar-refractivity contribution is 5.95. The van der Waals surface area contributed by atoms with E-state index in [1.165, 1.54) is 5.69 Å². The third-order valence-electron chi connectivity index (χ3n) is 4.70. The smallest absolute Gasteiger partial charge is 0.317 e. The molecule has 6 heteroatoms. The van der Waals surface area contributed by atoms with E-state index in [2.05, 4.69) is 27.3 Å². The zero-order chi connectivity index (χ0) is 16.0. The minimum atomic E-state index is 0.0621. The Hall–Kier alpha value is -2.50. The molecule has 0 radical (unpaired) electrons. The van der Waals surface area contributed by atoms with E-state index in [0.717, 1.165) is 48.5 Å². The van der Waals surface area contributed by atoms with Crippen molar-refractivity contribution in [3.05, 3.63) is 30.0 Å². The van der Waals surface area contributed by atoms with Gasteiger partial charge in [-0.25, -0.2) is 9.78 Å². The Morgan fingerprint density at radius 2 is 2.22 bits per heavy atom. The molecule has 4 rings (SSSR count). The molecule has 2 aliphatic heterocycles. The second kappa shape index (κ2) is 5.30. The summed E-state index contributed by atoms with van der Waals surface area (Å²) in [4.78, 5) is 20.7. The SMILES string of the molecule is COc1cccc2c(N3CCN4C(=O)NCC4C3)cc(C)nc12. The number of carbonyl (C=O) groups is 1. The summed E-state index contributed by atoms with van der Waals surface area (Å²) < 4.78 is 5.46. The minimum absolute atomic E-state index is 0.0621. The number of anilines is 1. The number of nitrogens with zero attached hydrogens (tertiary/aromatic N) is 3. The van der Waals surface area contributed by atoms with Gasteiger partial charge in [0.1, 0.15) is 11.3 Å². The molecule has 1 atom stereocenters. The second-order valence-electron chi connectivity index (χ2n) is 6.12. The number of para-hydroxylation sites is 1. The molecule has 23 heavy (non-hydrogen) atoms. The zero-order valence-corrected chi connectivity index (χ0v) is 13.4. The van der Waals surface area contributed by atoms with Gasteiger partial charge >= 0.3 is 6.03 Å². The lowest BCUT2D eigenvalue weighted by Crippen LogP contribution is -2.52. The van der Waals surface area contributed by atoms with Gasteiger partial charge in [-0.2, -0.15) is 0 Å². The third kappa shape index (κ3) is 2.25. The first kappa shape index (κ1) is 14.1. The number of amides is 2. The maximum Gasteiger partial charge on any atom is 0.317 e. The van der Waals surface area contributed by atoms with E-state index in [0.29, 0.717) is 0 Å². The number of benzene rings is 1. The Labute approximate surface area is 135 Å². The molecule has 6 nitrogen and oxygen atoms in total. The topological polar surface area (TPSA) is 57.7 Å². The Bertz CT molecular complexity index is 777. The predicted molar refractivity (Wildman–Crippen MR) is 89.1 cm³/mol. The van der Waals surface area contributed by atoms with Gasteiger partial charge in [0.15, 0.2) is 0 Å². The maximum atomic E-state index is 11.8. The van der Waals surface area contributed by atoms with Crippen molar-refractivity contribution in [3.8, 4) is 5.75 Å². The van der Waals surface area contributed by atoms with Gasteiger partial charge in [-0.15, -0.1) is 0 Å². The molecule has 120 valence electrons. The van der Waals surface area contributed by atoms with Crippen LogP contribution in [0.4, 0.5) is 10.5 Å². The number of urea groups is 1. The first-order valence-corrected chi connectivity index (χ1v) is 7.91. The predicted octanol–water partition coefficient (Wildman–Crippen LogP) is 1.77. The molecule has 1 aromatic carbocycles. The van der Waals surface area contributed by atoms with Crippen molar-refractivity contribution < 1.29 is 9.53 Å². The van der Waals surface area contributed by atoms with Gasteiger partial charge in [0.05, 0.1) is 13.2 Å². The molecule has 2 amide bonds. The lowest BCUT2D eigenvalue weighted by atomic mass is 10.1. The van der Waals surface area contributed by atoms with Crippen LogP contribution in [0.15, 0.2) is 24.3 Å². The summed E-state index contributed by atoms with van der Waals surface area (Å²) in [6.45, 7) is 5.16. The number of carbonyl (C=O) groups excluding carboxylic acids is 1. The summed E-state index contributed by atoms with van der Waals surface area (Å²) in [5.74, 6) is 0.795. The fraction of sp³-hybridized carbons (Fsp3) is 0.412. The standard InChI is InChI=1S/C17H20N4O2/c1-11-8-14(13-4-3-5-15(23-2)16(13)19-11)20-6-7-21-12(10-20)9-18-17(21)22/h3-5,8,12H,6-7,9-10H2,1-2H3,(H,18,22). The first-order chi connectivity index (χ1) is 11.2. The molecule has 0 saturated carbocycles. The number of fused-ring (bicyclic) bond motifs is 2. The van der Waals surface area contributed by atoms with Crippen LogP contribution in [0.3, 0.4) is 0 Å². The van der Waals surface area contributed by atoms with Gasteiger partial charge in [-0.3, -0.25) is 0 Å². The van der Waals surface area contributed by atoms with E-state index >= 15 is 0 Å². The highest BCUT2D eigenvalue weighted by Gasteiger charge is 2.35. The van der Waals surface area contributed by atoms with Gasteiger partial charge in [-0.1, -0.05) is 12.1 Å². The molecule has 1 aromatic heterocycles. The fourth-order valence-electron chi connectivity index (χ4n) is 3.58. The number of nitrogens with one attached hydrogen (secondary N) is 1. The second-order valence-corrected chi connectivity index (χ2v) is 6.12. The van der Waals surface area contributed by atoms with Crippen molar-refractivity contribution in [2.45, 2.75) is 13.0 Å². The number of methoxy groups -OCH3 is 1. The minimum Gasteiger partial charge on any atom is -0.494 e. The summed E-state index contributed by atoms with van der Waals surface area (Å²) in [5, 5.41) is 4.03. The lowest BCUT2D eigenvalue weighted by molar-refractivity contribution is 0.198. The van der Waals surface area contributed by atoms with E-state index in [-0.39, 0.29) is 12.1 Å². The van der Waals surface area contributed by atoms with Gasteiger partial charge in [-0.05, 0) is 19.1 Å². The number of pyridine rings is 1. The molecule has 2 fully saturated rings. The highest BCUT2D eigenvalue weighted by atomic mass is 16.5. The molecular formula is C17H20N4O2. The van der Waals surface area contributed by atoms with Crippen molar-refractivity contribution in [1.29, 1.82) is 0 Å². The van der Waals surface area contributed by atoms with Crippen molar-refractivity contribution in [3.63, 3.8) is 0 Å². The van der Waals surface area contributed by atoms with Gasteiger partial charge in [0.2, 0.25) is 0 Å². The normalized spacial score (nSPS) is 20.6. The monoisotopic (exact) mass is 312 g/mol. The number of aromatic nitrogens is 1. The first-order valence-electron chi connectivity index (χ1n) is 7.91. The van der Waals surface area contributed by atoms with Crippen molar-refractivity contribution in [2.75, 3.05) is 38.2 Å². The molecule has 0 spiro atoms. The molecule has 0 aliphatic carbocycles. The third-order valence-corrected chi connectivity index (χ3v) is 4.70. The summed E-state index contributed by atoms with van der Waals surface area (Å²) in [6.07, 6.45) is 0. The lowest BCUT2D eigenvalue weighted by Gasteiger charge is -2.38. The van der Waals surface area contributed by atoms with Crippen LogP contribution in [0.1, 0.15) is 5.69 Å². The van der Waals surface area contributed by atoms with Crippen molar-refractivity contribution >= 4 is 22.6 Å². The molecule has 0 bridgehead atoms. The molecular weight excluding hydrogens is 292 g/mol. The Balaban J connectivity index is 1.76. The van der Waals surface area contributed by atoms with E-state index in [9.17, 15) is 4.79 Å². The molecule has 2 aromatic rings. The van der Waals surface area contributed by atoms with Crippen molar-refractivity contribution in [1.82, 2.24) is 15.2 Å². The highest BCUT2D eigenvalue weighted by Crippen LogP contribution is 2.33. The number of hydrogen-bond acceptors (Lipinski definition) is 4. The maximum absolute atomic E-state index is 11.8. The Morgan fingerprint density at radius 3 is 3.04 bits per heavy atom. The van der Waals surface area contributed by atoms with E-state index in [4.69, 9.17) is 4.74 Å².